The Morgan fingerprint density at radius 3 is 2.68 bits per heavy atom. The molecule has 158 valence electrons. The summed E-state index contributed by atoms with van der Waals surface area (Å²) in [4.78, 5) is 17.2. The third-order valence-corrected chi connectivity index (χ3v) is 5.96. The Morgan fingerprint density at radius 1 is 1.19 bits per heavy atom. The number of rotatable bonds is 6. The van der Waals surface area contributed by atoms with Crippen molar-refractivity contribution in [3.05, 3.63) is 70.8 Å². The molecule has 0 unspecified atom stereocenters. The van der Waals surface area contributed by atoms with Gasteiger partial charge >= 0.3 is 0 Å². The zero-order valence-corrected chi connectivity index (χ0v) is 18.5. The molecule has 4 aromatic rings. The van der Waals surface area contributed by atoms with E-state index < -0.39 is 0 Å². The highest BCUT2D eigenvalue weighted by Gasteiger charge is 2.16. The number of aromatic nitrogens is 4. The average molecular weight is 433 g/mol. The Bertz CT molecular complexity index is 1310. The van der Waals surface area contributed by atoms with Crippen molar-refractivity contribution in [3.8, 4) is 5.69 Å². The molecule has 2 heterocycles. The molecule has 0 fully saturated rings. The van der Waals surface area contributed by atoms with Gasteiger partial charge in [0.05, 0.1) is 11.1 Å². The number of benzene rings is 2. The van der Waals surface area contributed by atoms with Crippen LogP contribution < -0.4 is 10.8 Å². The molecule has 0 bridgehead atoms. The van der Waals surface area contributed by atoms with Crippen molar-refractivity contribution >= 4 is 34.4 Å². The number of fused-ring (bicyclic) bond motifs is 1. The van der Waals surface area contributed by atoms with Crippen LogP contribution in [0.25, 0.3) is 16.7 Å². The SMILES string of the molecule is CCc1ccc(-n2c(SCC(=O)Nc3cccc(C)c3)nc3n[nH]c(C)c3c2=N)cc1. The maximum atomic E-state index is 12.5. The molecule has 0 saturated carbocycles. The molecule has 0 aliphatic heterocycles. The minimum atomic E-state index is -0.130. The molecule has 0 saturated heterocycles. The Hall–Kier alpha value is -3.39. The van der Waals surface area contributed by atoms with Crippen LogP contribution in [-0.2, 0) is 11.2 Å². The molecule has 8 heteroatoms. The number of carbonyl (C=O) groups excluding carboxylic acids is 1. The Morgan fingerprint density at radius 2 is 1.97 bits per heavy atom. The summed E-state index contributed by atoms with van der Waals surface area (Å²) < 4.78 is 1.77. The Labute approximate surface area is 184 Å². The zero-order chi connectivity index (χ0) is 22.0. The van der Waals surface area contributed by atoms with Crippen LogP contribution in [0.4, 0.5) is 5.69 Å². The molecular formula is C23H24N6OS. The molecule has 0 spiro atoms. The van der Waals surface area contributed by atoms with Crippen molar-refractivity contribution in [1.82, 2.24) is 19.7 Å². The molecule has 0 atom stereocenters. The van der Waals surface area contributed by atoms with Crippen LogP contribution in [-0.4, -0.2) is 31.4 Å². The lowest BCUT2D eigenvalue weighted by Gasteiger charge is -2.14. The van der Waals surface area contributed by atoms with Crippen LogP contribution in [0.3, 0.4) is 0 Å². The van der Waals surface area contributed by atoms with E-state index in [1.807, 2.05) is 62.4 Å². The summed E-state index contributed by atoms with van der Waals surface area (Å²) >= 11 is 1.29. The Balaban J connectivity index is 1.67. The second-order valence-corrected chi connectivity index (χ2v) is 8.29. The van der Waals surface area contributed by atoms with E-state index in [-0.39, 0.29) is 11.7 Å². The van der Waals surface area contributed by atoms with Crippen LogP contribution in [0.2, 0.25) is 0 Å². The van der Waals surface area contributed by atoms with E-state index in [2.05, 4.69) is 27.4 Å². The highest BCUT2D eigenvalue weighted by Crippen LogP contribution is 2.22. The molecule has 4 rings (SSSR count). The van der Waals surface area contributed by atoms with E-state index >= 15 is 0 Å². The number of aryl methyl sites for hydroxylation is 3. The molecule has 0 aliphatic rings. The molecule has 0 radical (unpaired) electrons. The molecule has 1 amide bonds. The number of nitrogens with one attached hydrogen (secondary N) is 3. The van der Waals surface area contributed by atoms with Gasteiger partial charge < -0.3 is 5.32 Å². The van der Waals surface area contributed by atoms with E-state index in [4.69, 9.17) is 5.41 Å². The second kappa shape index (κ2) is 8.77. The van der Waals surface area contributed by atoms with Gasteiger partial charge in [0.2, 0.25) is 5.91 Å². The molecule has 3 N–H and O–H groups in total. The van der Waals surface area contributed by atoms with Crippen LogP contribution in [0.15, 0.2) is 53.7 Å². The number of nitrogens with zero attached hydrogens (tertiary/aromatic N) is 3. The van der Waals surface area contributed by atoms with Crippen molar-refractivity contribution in [3.63, 3.8) is 0 Å². The lowest BCUT2D eigenvalue weighted by atomic mass is 10.1. The molecule has 0 aliphatic carbocycles. The van der Waals surface area contributed by atoms with Crippen LogP contribution in [0.1, 0.15) is 23.7 Å². The molecule has 2 aromatic carbocycles. The van der Waals surface area contributed by atoms with E-state index in [9.17, 15) is 4.79 Å². The van der Waals surface area contributed by atoms with Crippen molar-refractivity contribution in [1.29, 1.82) is 5.41 Å². The highest BCUT2D eigenvalue weighted by molar-refractivity contribution is 7.99. The number of anilines is 1. The first-order valence-electron chi connectivity index (χ1n) is 10.1. The van der Waals surface area contributed by atoms with E-state index in [1.54, 1.807) is 4.57 Å². The Kier molecular flexibility index (Phi) is 5.90. The van der Waals surface area contributed by atoms with Crippen molar-refractivity contribution < 1.29 is 4.79 Å². The minimum Gasteiger partial charge on any atom is -0.325 e. The van der Waals surface area contributed by atoms with Gasteiger partial charge in [-0.05, 0) is 55.7 Å². The molecule has 7 nitrogen and oxygen atoms in total. The van der Waals surface area contributed by atoms with Gasteiger partial charge in [0.25, 0.3) is 0 Å². The quantitative estimate of drug-likeness (QED) is 0.315. The van der Waals surface area contributed by atoms with E-state index in [0.29, 0.717) is 21.7 Å². The fourth-order valence-electron chi connectivity index (χ4n) is 3.40. The predicted octanol–water partition coefficient (Wildman–Crippen LogP) is 4.14. The largest absolute Gasteiger partial charge is 0.325 e. The summed E-state index contributed by atoms with van der Waals surface area (Å²) in [5.74, 6) is 0.0395. The van der Waals surface area contributed by atoms with Gasteiger partial charge in [-0.2, -0.15) is 5.10 Å². The second-order valence-electron chi connectivity index (χ2n) is 7.35. The highest BCUT2D eigenvalue weighted by atomic mass is 32.2. The topological polar surface area (TPSA) is 99.4 Å². The normalized spacial score (nSPS) is 11.1. The van der Waals surface area contributed by atoms with E-state index in [0.717, 1.165) is 29.1 Å². The predicted molar refractivity (Wildman–Crippen MR) is 124 cm³/mol. The van der Waals surface area contributed by atoms with Gasteiger partial charge in [-0.15, -0.1) is 0 Å². The van der Waals surface area contributed by atoms with Gasteiger partial charge in [-0.3, -0.25) is 19.9 Å². The summed E-state index contributed by atoms with van der Waals surface area (Å²) in [5, 5.41) is 20.1. The number of H-pyrrole nitrogens is 1. The van der Waals surface area contributed by atoms with Crippen LogP contribution >= 0.6 is 11.8 Å². The van der Waals surface area contributed by atoms with Crippen LogP contribution in [0.5, 0.6) is 0 Å². The number of carbonyl (C=O) groups is 1. The fourth-order valence-corrected chi connectivity index (χ4v) is 4.21. The number of thioether (sulfide) groups is 1. The smallest absolute Gasteiger partial charge is 0.234 e. The number of hydrogen-bond donors (Lipinski definition) is 3. The average Bonchev–Trinajstić information content (AvgIpc) is 3.13. The standard InChI is InChI=1S/C23H24N6OS/c1-4-16-8-10-18(11-9-16)29-21(24)20-15(3)27-28-22(20)26-23(29)31-13-19(30)25-17-7-5-6-14(2)12-17/h5-12,24H,4,13H2,1-3H3,(H,25,30)(H,27,28). The van der Waals surface area contributed by atoms with Gasteiger partial charge in [0.15, 0.2) is 10.8 Å². The number of amides is 1. The molecule has 31 heavy (non-hydrogen) atoms. The lowest BCUT2D eigenvalue weighted by Crippen LogP contribution is -2.23. The maximum absolute atomic E-state index is 12.5. The van der Waals surface area contributed by atoms with Crippen LogP contribution in [0, 0.1) is 19.3 Å². The number of aromatic amines is 1. The van der Waals surface area contributed by atoms with Crippen molar-refractivity contribution in [2.45, 2.75) is 32.3 Å². The van der Waals surface area contributed by atoms with Gasteiger partial charge in [0, 0.05) is 17.1 Å². The third kappa shape index (κ3) is 4.39. The lowest BCUT2D eigenvalue weighted by molar-refractivity contribution is -0.113. The van der Waals surface area contributed by atoms with Gasteiger partial charge in [-0.1, -0.05) is 43.0 Å². The van der Waals surface area contributed by atoms with Crippen molar-refractivity contribution in [2.24, 2.45) is 0 Å². The summed E-state index contributed by atoms with van der Waals surface area (Å²) in [6.45, 7) is 5.97. The first-order chi connectivity index (χ1) is 15.0. The summed E-state index contributed by atoms with van der Waals surface area (Å²) in [6, 6.07) is 15.7. The minimum absolute atomic E-state index is 0.130. The fraction of sp³-hybridized carbons (Fsp3) is 0.217. The summed E-state index contributed by atoms with van der Waals surface area (Å²) in [6.07, 6.45) is 0.942. The summed E-state index contributed by atoms with van der Waals surface area (Å²) in [7, 11) is 0. The molecular weight excluding hydrogens is 408 g/mol. The zero-order valence-electron chi connectivity index (χ0n) is 17.7. The van der Waals surface area contributed by atoms with Gasteiger partial charge in [-0.25, -0.2) is 4.98 Å². The number of hydrogen-bond acceptors (Lipinski definition) is 5. The third-order valence-electron chi connectivity index (χ3n) is 5.02. The summed E-state index contributed by atoms with van der Waals surface area (Å²) in [5.41, 5.74) is 5.46. The van der Waals surface area contributed by atoms with Gasteiger partial charge in [0.1, 0.15) is 5.49 Å². The first kappa shape index (κ1) is 20.9. The first-order valence-corrected chi connectivity index (χ1v) is 11.1. The van der Waals surface area contributed by atoms with E-state index in [1.165, 1.54) is 17.3 Å². The monoisotopic (exact) mass is 432 g/mol. The molecule has 2 aromatic heterocycles. The van der Waals surface area contributed by atoms with Crippen molar-refractivity contribution in [2.75, 3.05) is 11.1 Å². The maximum Gasteiger partial charge on any atom is 0.234 e.